The number of nitrogens with zero attached hydrogens (tertiary/aromatic N) is 1. The van der Waals surface area contributed by atoms with Gasteiger partial charge in [0.2, 0.25) is 0 Å². The number of likely N-dealkylation sites (tertiary alicyclic amines) is 1. The third kappa shape index (κ3) is 5.47. The van der Waals surface area contributed by atoms with E-state index < -0.39 is 5.60 Å². The van der Waals surface area contributed by atoms with E-state index in [2.05, 4.69) is 42.6 Å². The minimum atomic E-state index is -0.456. The SMILES string of the molecule is Cc1ccc2c(c1)Sc1cc(OC3CC(OC4CCN(C(=O)OC(C)(C)C)CC4)C3)ccc1N2. The Balaban J connectivity index is 1.06. The molecule has 0 spiro atoms. The molecule has 34 heavy (non-hydrogen) atoms. The van der Waals surface area contributed by atoms with Gasteiger partial charge in [-0.3, -0.25) is 0 Å². The van der Waals surface area contributed by atoms with Gasteiger partial charge in [-0.1, -0.05) is 17.8 Å². The van der Waals surface area contributed by atoms with Gasteiger partial charge in [-0.15, -0.1) is 0 Å². The third-order valence-corrected chi connectivity index (χ3v) is 7.53. The van der Waals surface area contributed by atoms with Crippen molar-refractivity contribution in [2.24, 2.45) is 0 Å². The minimum absolute atomic E-state index is 0.195. The van der Waals surface area contributed by atoms with Gasteiger partial charge < -0.3 is 24.4 Å². The monoisotopic (exact) mass is 482 g/mol. The van der Waals surface area contributed by atoms with Gasteiger partial charge in [-0.25, -0.2) is 4.79 Å². The van der Waals surface area contributed by atoms with Crippen LogP contribution in [0.4, 0.5) is 16.2 Å². The van der Waals surface area contributed by atoms with E-state index in [0.29, 0.717) is 13.1 Å². The maximum Gasteiger partial charge on any atom is 0.410 e. The molecular formula is C27H34N2O4S. The number of carbonyl (C=O) groups is 1. The Morgan fingerprint density at radius 1 is 0.971 bits per heavy atom. The third-order valence-electron chi connectivity index (χ3n) is 6.41. The van der Waals surface area contributed by atoms with E-state index in [1.807, 2.05) is 26.8 Å². The first-order valence-electron chi connectivity index (χ1n) is 12.2. The average molecular weight is 483 g/mol. The van der Waals surface area contributed by atoms with Crippen molar-refractivity contribution in [1.82, 2.24) is 4.90 Å². The highest BCUT2D eigenvalue weighted by Gasteiger charge is 2.35. The van der Waals surface area contributed by atoms with Gasteiger partial charge >= 0.3 is 6.09 Å². The molecule has 6 nitrogen and oxygen atoms in total. The maximum atomic E-state index is 12.2. The second-order valence-electron chi connectivity index (χ2n) is 10.5. The zero-order chi connectivity index (χ0) is 23.9. The van der Waals surface area contributed by atoms with Gasteiger partial charge in [-0.05, 0) is 76.4 Å². The van der Waals surface area contributed by atoms with Crippen LogP contribution in [0.3, 0.4) is 0 Å². The number of fused-ring (bicyclic) bond motifs is 2. The summed E-state index contributed by atoms with van der Waals surface area (Å²) in [5.41, 5.74) is 3.09. The lowest BCUT2D eigenvalue weighted by molar-refractivity contribution is -0.109. The first-order chi connectivity index (χ1) is 16.2. The molecule has 2 fully saturated rings. The smallest absolute Gasteiger partial charge is 0.410 e. The largest absolute Gasteiger partial charge is 0.490 e. The number of nitrogens with one attached hydrogen (secondary N) is 1. The van der Waals surface area contributed by atoms with Crippen LogP contribution >= 0.6 is 11.8 Å². The summed E-state index contributed by atoms with van der Waals surface area (Å²) in [6, 6.07) is 12.8. The molecule has 2 heterocycles. The van der Waals surface area contributed by atoms with Crippen molar-refractivity contribution in [3.05, 3.63) is 42.0 Å². The highest BCUT2D eigenvalue weighted by atomic mass is 32.2. The number of benzene rings is 2. The van der Waals surface area contributed by atoms with E-state index in [1.54, 1.807) is 16.7 Å². The summed E-state index contributed by atoms with van der Waals surface area (Å²) in [5, 5.41) is 3.52. The van der Waals surface area contributed by atoms with Gasteiger partial charge in [0.1, 0.15) is 17.5 Å². The lowest BCUT2D eigenvalue weighted by Crippen LogP contribution is -2.46. The van der Waals surface area contributed by atoms with E-state index in [1.165, 1.54) is 15.4 Å². The number of amides is 1. The number of hydrogen-bond donors (Lipinski definition) is 1. The number of anilines is 2. The Morgan fingerprint density at radius 2 is 1.65 bits per heavy atom. The molecule has 0 unspecified atom stereocenters. The Bertz CT molecular complexity index is 1050. The summed E-state index contributed by atoms with van der Waals surface area (Å²) in [6.45, 7) is 9.20. The van der Waals surface area contributed by atoms with Crippen LogP contribution in [0.1, 0.15) is 52.0 Å². The summed E-state index contributed by atoms with van der Waals surface area (Å²) in [4.78, 5) is 16.5. The summed E-state index contributed by atoms with van der Waals surface area (Å²) >= 11 is 1.79. The number of aryl methyl sites for hydroxylation is 1. The van der Waals surface area contributed by atoms with Gasteiger partial charge in [0.25, 0.3) is 0 Å². The molecule has 1 N–H and O–H groups in total. The highest BCUT2D eigenvalue weighted by molar-refractivity contribution is 7.99. The maximum absolute atomic E-state index is 12.2. The van der Waals surface area contributed by atoms with Gasteiger partial charge in [0.15, 0.2) is 0 Å². The summed E-state index contributed by atoms with van der Waals surface area (Å²) in [5.74, 6) is 0.915. The van der Waals surface area contributed by atoms with Gasteiger partial charge in [0, 0.05) is 35.7 Å². The van der Waals surface area contributed by atoms with E-state index in [4.69, 9.17) is 14.2 Å². The van der Waals surface area contributed by atoms with Crippen molar-refractivity contribution in [1.29, 1.82) is 0 Å². The molecule has 2 aliphatic heterocycles. The predicted octanol–water partition coefficient (Wildman–Crippen LogP) is 6.53. The van der Waals surface area contributed by atoms with Crippen LogP contribution < -0.4 is 10.1 Å². The molecule has 2 aromatic rings. The fourth-order valence-electron chi connectivity index (χ4n) is 4.53. The second-order valence-corrected chi connectivity index (χ2v) is 11.6. The van der Waals surface area contributed by atoms with Crippen LogP contribution in [0, 0.1) is 6.92 Å². The Labute approximate surface area is 206 Å². The minimum Gasteiger partial charge on any atom is -0.490 e. The van der Waals surface area contributed by atoms with Crippen LogP contribution in [0.5, 0.6) is 5.75 Å². The first-order valence-corrected chi connectivity index (χ1v) is 13.0. The highest BCUT2D eigenvalue weighted by Crippen LogP contribution is 2.46. The molecule has 0 bridgehead atoms. The molecule has 182 valence electrons. The van der Waals surface area contributed by atoms with Crippen molar-refractivity contribution in [3.63, 3.8) is 0 Å². The van der Waals surface area contributed by atoms with Crippen molar-refractivity contribution in [2.45, 2.75) is 87.1 Å². The predicted molar refractivity (Wildman–Crippen MR) is 134 cm³/mol. The van der Waals surface area contributed by atoms with Gasteiger partial charge in [0.05, 0.1) is 23.6 Å². The van der Waals surface area contributed by atoms with Crippen LogP contribution in [0.15, 0.2) is 46.2 Å². The van der Waals surface area contributed by atoms with Crippen LogP contribution in [0.2, 0.25) is 0 Å². The van der Waals surface area contributed by atoms with Crippen molar-refractivity contribution < 1.29 is 19.0 Å². The van der Waals surface area contributed by atoms with Crippen molar-refractivity contribution in [2.75, 3.05) is 18.4 Å². The molecule has 3 aliphatic rings. The standard InChI is InChI=1S/C27H34N2O4S/c1-17-5-7-22-24(13-17)34-25-16-19(6-8-23(25)28-22)32-21-14-20(15-21)31-18-9-11-29(12-10-18)26(30)33-27(2,3)4/h5-8,13,16,18,20-21,28H,9-12,14-15H2,1-4H3. The van der Waals surface area contributed by atoms with Crippen LogP contribution in [0.25, 0.3) is 0 Å². The molecule has 1 amide bonds. The molecule has 1 aliphatic carbocycles. The lowest BCUT2D eigenvalue weighted by Gasteiger charge is -2.40. The number of hydrogen-bond acceptors (Lipinski definition) is 6. The number of rotatable bonds is 4. The van der Waals surface area contributed by atoms with Crippen molar-refractivity contribution >= 4 is 29.2 Å². The van der Waals surface area contributed by atoms with Gasteiger partial charge in [-0.2, -0.15) is 0 Å². The van der Waals surface area contributed by atoms with Crippen molar-refractivity contribution in [3.8, 4) is 5.75 Å². The Kier molecular flexibility index (Phi) is 6.42. The molecule has 7 heteroatoms. The Hall–Kier alpha value is -2.38. The number of carbonyl (C=O) groups excluding carboxylic acids is 1. The topological polar surface area (TPSA) is 60.0 Å². The molecule has 0 atom stereocenters. The number of piperidine rings is 1. The second kappa shape index (κ2) is 9.34. The zero-order valence-electron chi connectivity index (χ0n) is 20.4. The normalized spacial score (nSPS) is 22.2. The summed E-state index contributed by atoms with van der Waals surface area (Å²) in [6.07, 6.45) is 3.97. The molecule has 0 aromatic heterocycles. The molecule has 0 radical (unpaired) electrons. The summed E-state index contributed by atoms with van der Waals surface area (Å²) in [7, 11) is 0. The Morgan fingerprint density at radius 3 is 2.35 bits per heavy atom. The fraction of sp³-hybridized carbons (Fsp3) is 0.519. The lowest BCUT2D eigenvalue weighted by atomic mass is 9.91. The van der Waals surface area contributed by atoms with E-state index in [9.17, 15) is 4.79 Å². The molecule has 1 saturated carbocycles. The van der Waals surface area contributed by atoms with Crippen LogP contribution in [-0.4, -0.2) is 48.0 Å². The first kappa shape index (κ1) is 23.4. The van der Waals surface area contributed by atoms with Crippen LogP contribution in [-0.2, 0) is 9.47 Å². The molecule has 5 rings (SSSR count). The fourth-order valence-corrected chi connectivity index (χ4v) is 5.65. The molecular weight excluding hydrogens is 448 g/mol. The number of ether oxygens (including phenoxy) is 3. The quantitative estimate of drug-likeness (QED) is 0.456. The van der Waals surface area contributed by atoms with E-state index in [-0.39, 0.29) is 24.4 Å². The van der Waals surface area contributed by atoms with E-state index >= 15 is 0 Å². The van der Waals surface area contributed by atoms with E-state index in [0.717, 1.165) is 42.8 Å². The average Bonchev–Trinajstić information content (AvgIpc) is 2.75. The summed E-state index contributed by atoms with van der Waals surface area (Å²) < 4.78 is 18.0. The zero-order valence-corrected chi connectivity index (χ0v) is 21.2. The molecule has 1 saturated heterocycles. The molecule has 2 aromatic carbocycles.